The lowest BCUT2D eigenvalue weighted by Crippen LogP contribution is -2.14. The van der Waals surface area contributed by atoms with Gasteiger partial charge in [-0.3, -0.25) is 0 Å². The van der Waals surface area contributed by atoms with Crippen LogP contribution in [0, 0.1) is 0 Å². The molecule has 0 radical (unpaired) electrons. The first-order valence-corrected chi connectivity index (χ1v) is 6.45. The molecule has 1 aromatic heterocycles. The highest BCUT2D eigenvalue weighted by Gasteiger charge is 2.12. The van der Waals surface area contributed by atoms with Gasteiger partial charge in [-0.25, -0.2) is 9.97 Å². The highest BCUT2D eigenvalue weighted by atomic mass is 35.5. The molecule has 2 aromatic rings. The Labute approximate surface area is 117 Å². The van der Waals surface area contributed by atoms with Gasteiger partial charge in [0.15, 0.2) is 0 Å². The Hall–Kier alpha value is -1.65. The fraction of sp³-hybridized carbons (Fsp3) is 0.286. The van der Waals surface area contributed by atoms with E-state index in [2.05, 4.69) is 15.3 Å². The van der Waals surface area contributed by atoms with Crippen molar-refractivity contribution in [3.8, 4) is 0 Å². The molecule has 1 aromatic carbocycles. The van der Waals surface area contributed by atoms with Gasteiger partial charge < -0.3 is 10.1 Å². The van der Waals surface area contributed by atoms with E-state index in [-0.39, 0.29) is 6.04 Å². The smallest absolute Gasteiger partial charge is 0.223 e. The number of rotatable bonds is 6. The molecule has 0 bridgehead atoms. The summed E-state index contributed by atoms with van der Waals surface area (Å²) in [4.78, 5) is 8.36. The maximum atomic E-state index is 5.91. The number of aromatic nitrogens is 2. The lowest BCUT2D eigenvalue weighted by atomic mass is 10.0. The number of methoxy groups -OCH3 is 1. The Kier molecular flexibility index (Phi) is 5.12. The molecule has 0 aliphatic rings. The van der Waals surface area contributed by atoms with E-state index < -0.39 is 0 Å². The molecule has 1 atom stereocenters. The van der Waals surface area contributed by atoms with Crippen LogP contribution in [0.1, 0.15) is 18.0 Å². The van der Waals surface area contributed by atoms with Gasteiger partial charge in [0.25, 0.3) is 0 Å². The van der Waals surface area contributed by atoms with Gasteiger partial charge in [0.05, 0.1) is 6.04 Å². The molecule has 19 heavy (non-hydrogen) atoms. The first kappa shape index (κ1) is 13.8. The first-order chi connectivity index (χ1) is 9.29. The Morgan fingerprint density at radius 3 is 2.53 bits per heavy atom. The molecule has 2 rings (SSSR count). The number of hydrogen-bond acceptors (Lipinski definition) is 4. The summed E-state index contributed by atoms with van der Waals surface area (Å²) in [5.74, 6) is 0.610. The van der Waals surface area contributed by atoms with Crippen molar-refractivity contribution >= 4 is 17.5 Å². The summed E-state index contributed by atoms with van der Waals surface area (Å²) in [7, 11) is 1.69. The minimum absolute atomic E-state index is 0.0969. The van der Waals surface area contributed by atoms with Gasteiger partial charge in [-0.2, -0.15) is 0 Å². The summed E-state index contributed by atoms with van der Waals surface area (Å²) in [6.45, 7) is 0.660. The number of ether oxygens (including phenoxy) is 1. The van der Waals surface area contributed by atoms with Crippen molar-refractivity contribution in [2.75, 3.05) is 19.0 Å². The van der Waals surface area contributed by atoms with Gasteiger partial charge >= 0.3 is 0 Å². The zero-order valence-corrected chi connectivity index (χ0v) is 11.5. The molecular formula is C14H16ClN3O. The monoisotopic (exact) mass is 277 g/mol. The molecule has 100 valence electrons. The lowest BCUT2D eigenvalue weighted by Gasteiger charge is -2.18. The van der Waals surface area contributed by atoms with E-state index in [1.165, 1.54) is 0 Å². The number of hydrogen-bond donors (Lipinski definition) is 1. The van der Waals surface area contributed by atoms with Gasteiger partial charge in [-0.1, -0.05) is 23.7 Å². The van der Waals surface area contributed by atoms with E-state index in [0.29, 0.717) is 12.6 Å². The van der Waals surface area contributed by atoms with E-state index in [4.69, 9.17) is 16.3 Å². The average Bonchev–Trinajstić information content (AvgIpc) is 2.45. The summed E-state index contributed by atoms with van der Waals surface area (Å²) < 4.78 is 5.15. The third-order valence-electron chi connectivity index (χ3n) is 2.75. The first-order valence-electron chi connectivity index (χ1n) is 6.07. The van der Waals surface area contributed by atoms with E-state index in [1.807, 2.05) is 24.3 Å². The average molecular weight is 278 g/mol. The standard InChI is InChI=1S/C14H16ClN3O/c1-19-10-7-13(11-3-5-12(15)6-4-11)18-14-16-8-2-9-17-14/h2-6,8-9,13H,7,10H2,1H3,(H,16,17,18). The molecule has 0 saturated heterocycles. The van der Waals surface area contributed by atoms with Crippen LogP contribution in [0.2, 0.25) is 5.02 Å². The Morgan fingerprint density at radius 2 is 1.89 bits per heavy atom. The Bertz CT molecular complexity index is 490. The van der Waals surface area contributed by atoms with Gasteiger partial charge in [0.1, 0.15) is 0 Å². The van der Waals surface area contributed by atoms with Crippen molar-refractivity contribution in [3.05, 3.63) is 53.3 Å². The molecular weight excluding hydrogens is 262 g/mol. The van der Waals surface area contributed by atoms with Crippen LogP contribution in [-0.4, -0.2) is 23.7 Å². The molecule has 4 nitrogen and oxygen atoms in total. The predicted octanol–water partition coefficient (Wildman–Crippen LogP) is 3.32. The minimum Gasteiger partial charge on any atom is -0.385 e. The minimum atomic E-state index is 0.0969. The number of nitrogens with one attached hydrogen (secondary N) is 1. The number of nitrogens with zero attached hydrogens (tertiary/aromatic N) is 2. The molecule has 1 heterocycles. The second kappa shape index (κ2) is 7.07. The number of benzene rings is 1. The zero-order chi connectivity index (χ0) is 13.5. The summed E-state index contributed by atoms with van der Waals surface area (Å²) in [5.41, 5.74) is 1.13. The third kappa shape index (κ3) is 4.19. The highest BCUT2D eigenvalue weighted by molar-refractivity contribution is 6.30. The van der Waals surface area contributed by atoms with Crippen LogP contribution in [0.5, 0.6) is 0 Å². The molecule has 0 aliphatic carbocycles. The van der Waals surface area contributed by atoms with Gasteiger partial charge in [-0.15, -0.1) is 0 Å². The second-order valence-corrected chi connectivity index (χ2v) is 4.54. The molecule has 0 spiro atoms. The fourth-order valence-electron chi connectivity index (χ4n) is 1.78. The summed E-state index contributed by atoms with van der Waals surface area (Å²) in [6, 6.07) is 9.64. The van der Waals surface area contributed by atoms with Crippen molar-refractivity contribution in [2.45, 2.75) is 12.5 Å². The topological polar surface area (TPSA) is 47.0 Å². The number of halogens is 1. The Balaban J connectivity index is 2.13. The molecule has 1 unspecified atom stereocenters. The van der Waals surface area contributed by atoms with Gasteiger partial charge in [-0.05, 0) is 30.2 Å². The van der Waals surface area contributed by atoms with Crippen molar-refractivity contribution in [1.29, 1.82) is 0 Å². The SMILES string of the molecule is COCCC(Nc1ncccn1)c1ccc(Cl)cc1. The largest absolute Gasteiger partial charge is 0.385 e. The maximum Gasteiger partial charge on any atom is 0.223 e. The summed E-state index contributed by atoms with van der Waals surface area (Å²) >= 11 is 5.91. The molecule has 0 amide bonds. The number of anilines is 1. The van der Waals surface area contributed by atoms with Crippen LogP contribution in [0.15, 0.2) is 42.7 Å². The van der Waals surface area contributed by atoms with Crippen molar-refractivity contribution < 1.29 is 4.74 Å². The van der Waals surface area contributed by atoms with Crippen LogP contribution < -0.4 is 5.32 Å². The van der Waals surface area contributed by atoms with Crippen molar-refractivity contribution in [1.82, 2.24) is 9.97 Å². The zero-order valence-electron chi connectivity index (χ0n) is 10.7. The molecule has 5 heteroatoms. The van der Waals surface area contributed by atoms with Crippen LogP contribution in [0.3, 0.4) is 0 Å². The van der Waals surface area contributed by atoms with E-state index in [9.17, 15) is 0 Å². The van der Waals surface area contributed by atoms with Crippen LogP contribution >= 0.6 is 11.6 Å². The maximum absolute atomic E-state index is 5.91. The molecule has 0 fully saturated rings. The van der Waals surface area contributed by atoms with Gasteiger partial charge in [0.2, 0.25) is 5.95 Å². The fourth-order valence-corrected chi connectivity index (χ4v) is 1.91. The van der Waals surface area contributed by atoms with E-state index in [1.54, 1.807) is 25.6 Å². The summed E-state index contributed by atoms with van der Waals surface area (Å²) in [5, 5.41) is 4.03. The predicted molar refractivity (Wildman–Crippen MR) is 76.3 cm³/mol. The van der Waals surface area contributed by atoms with E-state index in [0.717, 1.165) is 17.0 Å². The normalized spacial score (nSPS) is 12.1. The third-order valence-corrected chi connectivity index (χ3v) is 3.00. The van der Waals surface area contributed by atoms with E-state index >= 15 is 0 Å². The van der Waals surface area contributed by atoms with Crippen molar-refractivity contribution in [2.24, 2.45) is 0 Å². The van der Waals surface area contributed by atoms with Crippen LogP contribution in [0.4, 0.5) is 5.95 Å². The molecule has 1 N–H and O–H groups in total. The Morgan fingerprint density at radius 1 is 1.21 bits per heavy atom. The van der Waals surface area contributed by atoms with Crippen molar-refractivity contribution in [3.63, 3.8) is 0 Å². The molecule has 0 saturated carbocycles. The highest BCUT2D eigenvalue weighted by Crippen LogP contribution is 2.22. The lowest BCUT2D eigenvalue weighted by molar-refractivity contribution is 0.190. The van der Waals surface area contributed by atoms with Gasteiger partial charge in [0, 0.05) is 31.1 Å². The van der Waals surface area contributed by atoms with Crippen LogP contribution in [-0.2, 0) is 4.74 Å². The summed E-state index contributed by atoms with van der Waals surface area (Å²) in [6.07, 6.45) is 4.26. The quantitative estimate of drug-likeness (QED) is 0.880. The molecule has 0 aliphatic heterocycles. The second-order valence-electron chi connectivity index (χ2n) is 4.10. The van der Waals surface area contributed by atoms with Crippen LogP contribution in [0.25, 0.3) is 0 Å².